The summed E-state index contributed by atoms with van der Waals surface area (Å²) in [5, 5.41) is 7.74. The molecule has 2 rings (SSSR count). The molecule has 0 bridgehead atoms. The number of rotatable bonds is 5. The molecule has 0 fully saturated rings. The van der Waals surface area contributed by atoms with E-state index in [9.17, 15) is 0 Å². The van der Waals surface area contributed by atoms with Gasteiger partial charge in [-0.05, 0) is 37.1 Å². The molecule has 0 radical (unpaired) electrons. The van der Waals surface area contributed by atoms with Crippen LogP contribution >= 0.6 is 0 Å². The van der Waals surface area contributed by atoms with Crippen LogP contribution in [0.2, 0.25) is 0 Å². The van der Waals surface area contributed by atoms with Crippen molar-refractivity contribution in [3.63, 3.8) is 0 Å². The number of hydrogen-bond donors (Lipinski definition) is 2. The summed E-state index contributed by atoms with van der Waals surface area (Å²) in [5.74, 6) is 0. The van der Waals surface area contributed by atoms with Crippen molar-refractivity contribution in [2.24, 2.45) is 7.05 Å². The molecule has 0 saturated carbocycles. The van der Waals surface area contributed by atoms with Crippen LogP contribution < -0.4 is 5.32 Å². The molecule has 0 atom stereocenters. The first-order chi connectivity index (χ1) is 7.75. The van der Waals surface area contributed by atoms with E-state index in [4.69, 9.17) is 0 Å². The van der Waals surface area contributed by atoms with E-state index in [0.29, 0.717) is 0 Å². The summed E-state index contributed by atoms with van der Waals surface area (Å²) < 4.78 is 1.87. The van der Waals surface area contributed by atoms with Crippen molar-refractivity contribution < 1.29 is 0 Å². The number of H-pyrrole nitrogens is 1. The van der Waals surface area contributed by atoms with E-state index in [2.05, 4.69) is 34.6 Å². The van der Waals surface area contributed by atoms with Gasteiger partial charge in [0.1, 0.15) is 0 Å². The minimum atomic E-state index is 0.919. The zero-order chi connectivity index (χ0) is 11.4. The van der Waals surface area contributed by atoms with Gasteiger partial charge in [-0.1, -0.05) is 0 Å². The van der Waals surface area contributed by atoms with Crippen LogP contribution in [0.5, 0.6) is 0 Å². The number of aryl methyl sites for hydroxylation is 2. The van der Waals surface area contributed by atoms with Gasteiger partial charge in [0, 0.05) is 32.2 Å². The zero-order valence-electron chi connectivity index (χ0n) is 9.83. The highest BCUT2D eigenvalue weighted by Gasteiger charge is 2.01. The van der Waals surface area contributed by atoms with E-state index in [1.807, 2.05) is 24.1 Å². The molecule has 0 aromatic carbocycles. The average molecular weight is 218 g/mol. The molecule has 0 aliphatic carbocycles. The summed E-state index contributed by atoms with van der Waals surface area (Å²) >= 11 is 0. The first kappa shape index (κ1) is 11.0. The van der Waals surface area contributed by atoms with Gasteiger partial charge in [-0.15, -0.1) is 0 Å². The van der Waals surface area contributed by atoms with Gasteiger partial charge in [0.2, 0.25) is 0 Å². The summed E-state index contributed by atoms with van der Waals surface area (Å²) in [6, 6.07) is 2.09. The Balaban J connectivity index is 1.74. The fourth-order valence-electron chi connectivity index (χ4n) is 1.82. The van der Waals surface area contributed by atoms with Gasteiger partial charge < -0.3 is 10.3 Å². The molecule has 0 amide bonds. The van der Waals surface area contributed by atoms with Crippen LogP contribution in [0, 0.1) is 6.92 Å². The molecule has 0 unspecified atom stereocenters. The lowest BCUT2D eigenvalue weighted by molar-refractivity contribution is 0.686. The van der Waals surface area contributed by atoms with Crippen LogP contribution in [0.15, 0.2) is 24.7 Å². The van der Waals surface area contributed by atoms with E-state index >= 15 is 0 Å². The quantitative estimate of drug-likeness (QED) is 0.745. The average Bonchev–Trinajstić information content (AvgIpc) is 2.84. The lowest BCUT2D eigenvalue weighted by atomic mass is 10.2. The van der Waals surface area contributed by atoms with Crippen LogP contribution in [0.1, 0.15) is 16.8 Å². The highest BCUT2D eigenvalue weighted by atomic mass is 15.2. The number of aromatic amines is 1. The largest absolute Gasteiger partial charge is 0.367 e. The topological polar surface area (TPSA) is 45.6 Å². The SMILES string of the molecule is Cc1nn(C)cc1CCNCc1cc[nH]c1. The summed E-state index contributed by atoms with van der Waals surface area (Å²) in [5.41, 5.74) is 3.75. The third-order valence-corrected chi connectivity index (χ3v) is 2.68. The van der Waals surface area contributed by atoms with Crippen LogP contribution in [0.3, 0.4) is 0 Å². The normalized spacial score (nSPS) is 10.9. The van der Waals surface area contributed by atoms with Crippen molar-refractivity contribution in [1.29, 1.82) is 0 Å². The summed E-state index contributed by atoms with van der Waals surface area (Å²) in [6.45, 7) is 3.96. The van der Waals surface area contributed by atoms with Crippen molar-refractivity contribution in [3.8, 4) is 0 Å². The molecule has 2 aromatic rings. The van der Waals surface area contributed by atoms with E-state index < -0.39 is 0 Å². The van der Waals surface area contributed by atoms with Crippen molar-refractivity contribution in [2.75, 3.05) is 6.54 Å². The second-order valence-electron chi connectivity index (χ2n) is 4.06. The fourth-order valence-corrected chi connectivity index (χ4v) is 1.82. The summed E-state index contributed by atoms with van der Waals surface area (Å²) in [7, 11) is 1.96. The molecular formula is C12H18N4. The molecular weight excluding hydrogens is 200 g/mol. The Bertz CT molecular complexity index is 428. The van der Waals surface area contributed by atoms with Crippen molar-refractivity contribution in [3.05, 3.63) is 41.5 Å². The Morgan fingerprint density at radius 3 is 3.00 bits per heavy atom. The summed E-state index contributed by atoms with van der Waals surface area (Å²) in [4.78, 5) is 3.05. The molecule has 4 heteroatoms. The van der Waals surface area contributed by atoms with Gasteiger partial charge in [-0.3, -0.25) is 4.68 Å². The highest BCUT2D eigenvalue weighted by Crippen LogP contribution is 2.04. The molecule has 4 nitrogen and oxygen atoms in total. The van der Waals surface area contributed by atoms with Gasteiger partial charge in [0.05, 0.1) is 5.69 Å². The van der Waals surface area contributed by atoms with E-state index in [0.717, 1.165) is 25.2 Å². The molecule has 2 aromatic heterocycles. The highest BCUT2D eigenvalue weighted by molar-refractivity contribution is 5.15. The van der Waals surface area contributed by atoms with Crippen LogP contribution in [0.4, 0.5) is 0 Å². The van der Waals surface area contributed by atoms with Crippen molar-refractivity contribution in [1.82, 2.24) is 20.1 Å². The molecule has 0 saturated heterocycles. The maximum atomic E-state index is 4.32. The van der Waals surface area contributed by atoms with E-state index in [1.54, 1.807) is 0 Å². The Morgan fingerprint density at radius 2 is 2.38 bits per heavy atom. The van der Waals surface area contributed by atoms with Crippen LogP contribution in [0.25, 0.3) is 0 Å². The van der Waals surface area contributed by atoms with Crippen molar-refractivity contribution >= 4 is 0 Å². The molecule has 2 heterocycles. The summed E-state index contributed by atoms with van der Waals surface area (Å²) in [6.07, 6.45) is 7.09. The number of nitrogens with zero attached hydrogens (tertiary/aromatic N) is 2. The maximum absolute atomic E-state index is 4.32. The minimum Gasteiger partial charge on any atom is -0.367 e. The fraction of sp³-hybridized carbons (Fsp3) is 0.417. The molecule has 0 spiro atoms. The Labute approximate surface area is 95.7 Å². The molecule has 86 valence electrons. The Kier molecular flexibility index (Phi) is 3.41. The maximum Gasteiger partial charge on any atom is 0.0626 e. The Hall–Kier alpha value is -1.55. The molecule has 0 aliphatic heterocycles. The number of hydrogen-bond acceptors (Lipinski definition) is 2. The lowest BCUT2D eigenvalue weighted by Crippen LogP contribution is -2.16. The predicted octanol–water partition coefficient (Wildman–Crippen LogP) is 1.39. The van der Waals surface area contributed by atoms with Gasteiger partial charge in [-0.2, -0.15) is 5.10 Å². The molecule has 0 aliphatic rings. The van der Waals surface area contributed by atoms with Gasteiger partial charge in [-0.25, -0.2) is 0 Å². The third-order valence-electron chi connectivity index (χ3n) is 2.68. The second-order valence-corrected chi connectivity index (χ2v) is 4.06. The smallest absolute Gasteiger partial charge is 0.0626 e. The Morgan fingerprint density at radius 1 is 1.50 bits per heavy atom. The third kappa shape index (κ3) is 2.73. The number of nitrogens with one attached hydrogen (secondary N) is 2. The zero-order valence-corrected chi connectivity index (χ0v) is 9.83. The van der Waals surface area contributed by atoms with Gasteiger partial charge >= 0.3 is 0 Å². The first-order valence-corrected chi connectivity index (χ1v) is 5.57. The van der Waals surface area contributed by atoms with Gasteiger partial charge in [0.15, 0.2) is 0 Å². The number of aromatic nitrogens is 3. The van der Waals surface area contributed by atoms with Crippen LogP contribution in [-0.4, -0.2) is 21.3 Å². The first-order valence-electron chi connectivity index (χ1n) is 5.57. The molecule has 2 N–H and O–H groups in total. The minimum absolute atomic E-state index is 0.919. The second kappa shape index (κ2) is 4.99. The standard InChI is InChI=1S/C12H18N4/c1-10-12(9-16(2)15-10)4-6-14-8-11-3-5-13-7-11/h3,5,7,9,13-14H,4,6,8H2,1-2H3. The van der Waals surface area contributed by atoms with E-state index in [-0.39, 0.29) is 0 Å². The van der Waals surface area contributed by atoms with Crippen molar-refractivity contribution in [2.45, 2.75) is 19.9 Å². The van der Waals surface area contributed by atoms with Crippen LogP contribution in [-0.2, 0) is 20.0 Å². The van der Waals surface area contributed by atoms with Gasteiger partial charge in [0.25, 0.3) is 0 Å². The lowest BCUT2D eigenvalue weighted by Gasteiger charge is -2.02. The molecule has 16 heavy (non-hydrogen) atoms. The predicted molar refractivity (Wildman–Crippen MR) is 64.1 cm³/mol. The van der Waals surface area contributed by atoms with E-state index in [1.165, 1.54) is 11.1 Å². The monoisotopic (exact) mass is 218 g/mol.